The van der Waals surface area contributed by atoms with Crippen LogP contribution >= 0.6 is 15.9 Å². The summed E-state index contributed by atoms with van der Waals surface area (Å²) in [6, 6.07) is 0. The van der Waals surface area contributed by atoms with Gasteiger partial charge in [-0.15, -0.1) is 0 Å². The van der Waals surface area contributed by atoms with Gasteiger partial charge in [0.1, 0.15) is 12.7 Å². The van der Waals surface area contributed by atoms with E-state index in [0.717, 1.165) is 38.5 Å². The molecular weight excluding hydrogens is 448 g/mol. The third kappa shape index (κ3) is 3.10. The topological polar surface area (TPSA) is 69.7 Å². The maximum atomic E-state index is 13.7. The van der Waals surface area contributed by atoms with Crippen LogP contribution in [-0.2, 0) is 23.9 Å². The average Bonchev–Trinajstić information content (AvgIpc) is 2.94. The molecular formula is C24H35BrO5. The summed E-state index contributed by atoms with van der Waals surface area (Å²) in [5, 5.41) is 0. The Labute approximate surface area is 188 Å². The number of fused-ring (bicyclic) bond motifs is 3. The molecule has 5 nitrogen and oxygen atoms in total. The summed E-state index contributed by atoms with van der Waals surface area (Å²) in [6.45, 7) is 9.99. The number of ether oxygens (including phenoxy) is 2. The van der Waals surface area contributed by atoms with E-state index in [-0.39, 0.29) is 45.0 Å². The first-order valence-electron chi connectivity index (χ1n) is 11.4. The molecule has 1 spiro atoms. The van der Waals surface area contributed by atoms with Gasteiger partial charge < -0.3 is 9.47 Å². The van der Waals surface area contributed by atoms with Crippen LogP contribution in [0.25, 0.3) is 0 Å². The zero-order chi connectivity index (χ0) is 22.1. The van der Waals surface area contributed by atoms with Gasteiger partial charge in [-0.3, -0.25) is 14.4 Å². The SMILES string of the molecule is CC(=O)OCC12CCC3(CCC4C(C)(C)CC(Br)C(=O)C4(C)C3CC1OC(C)=O)C2. The van der Waals surface area contributed by atoms with E-state index >= 15 is 0 Å². The smallest absolute Gasteiger partial charge is 0.302 e. The van der Waals surface area contributed by atoms with Gasteiger partial charge in [0.2, 0.25) is 0 Å². The molecule has 7 atom stereocenters. The standard InChI is InChI=1S/C24H35BrO5/c1-14(26)29-13-24-9-8-23(12-24)7-6-17-21(3,4)11-16(25)20(28)22(17,5)18(23)10-19(24)30-15(2)27/h16-19H,6-13H2,1-5H3. The second-order valence-electron chi connectivity index (χ2n) is 11.5. The summed E-state index contributed by atoms with van der Waals surface area (Å²) < 4.78 is 11.4. The number of Topliss-reactive ketones (excluding diaryl/α,β-unsaturated/α-hetero) is 1. The molecule has 0 aromatic rings. The van der Waals surface area contributed by atoms with E-state index in [9.17, 15) is 14.4 Å². The second kappa shape index (κ2) is 7.05. The molecule has 0 aromatic carbocycles. The summed E-state index contributed by atoms with van der Waals surface area (Å²) in [6.07, 6.45) is 6.19. The van der Waals surface area contributed by atoms with E-state index in [1.54, 1.807) is 0 Å². The number of hydrogen-bond acceptors (Lipinski definition) is 5. The molecule has 0 aromatic heterocycles. The van der Waals surface area contributed by atoms with Crippen molar-refractivity contribution in [3.63, 3.8) is 0 Å². The molecule has 4 fully saturated rings. The number of carbonyl (C=O) groups is 3. The molecule has 0 saturated heterocycles. The Bertz CT molecular complexity index is 778. The number of halogens is 1. The first-order valence-corrected chi connectivity index (χ1v) is 12.3. The fourth-order valence-corrected chi connectivity index (χ4v) is 9.65. The molecule has 7 unspecified atom stereocenters. The third-order valence-corrected chi connectivity index (χ3v) is 10.2. The van der Waals surface area contributed by atoms with Crippen molar-refractivity contribution >= 4 is 33.7 Å². The molecule has 0 aliphatic heterocycles. The molecule has 4 aliphatic rings. The molecule has 0 amide bonds. The zero-order valence-corrected chi connectivity index (χ0v) is 20.5. The Morgan fingerprint density at radius 2 is 1.77 bits per heavy atom. The van der Waals surface area contributed by atoms with Crippen molar-refractivity contribution < 1.29 is 23.9 Å². The van der Waals surface area contributed by atoms with Crippen LogP contribution in [0.1, 0.15) is 79.6 Å². The third-order valence-electron chi connectivity index (χ3n) is 9.41. The number of ketones is 1. The van der Waals surface area contributed by atoms with Crippen molar-refractivity contribution in [2.75, 3.05) is 6.61 Å². The number of esters is 2. The van der Waals surface area contributed by atoms with Crippen LogP contribution in [0.3, 0.4) is 0 Å². The maximum absolute atomic E-state index is 13.7. The number of alkyl halides is 1. The lowest BCUT2D eigenvalue weighted by Gasteiger charge is -2.64. The number of carbonyl (C=O) groups excluding carboxylic acids is 3. The van der Waals surface area contributed by atoms with E-state index in [1.165, 1.54) is 13.8 Å². The van der Waals surface area contributed by atoms with Gasteiger partial charge in [-0.05, 0) is 67.6 Å². The van der Waals surface area contributed by atoms with Crippen molar-refractivity contribution in [1.82, 2.24) is 0 Å². The maximum Gasteiger partial charge on any atom is 0.302 e. The fourth-order valence-electron chi connectivity index (χ4n) is 8.32. The van der Waals surface area contributed by atoms with Crippen LogP contribution in [0.5, 0.6) is 0 Å². The van der Waals surface area contributed by atoms with Crippen LogP contribution < -0.4 is 0 Å². The summed E-state index contributed by atoms with van der Waals surface area (Å²) in [4.78, 5) is 37.2. The molecule has 0 radical (unpaired) electrons. The Morgan fingerprint density at radius 1 is 1.07 bits per heavy atom. The average molecular weight is 483 g/mol. The van der Waals surface area contributed by atoms with Gasteiger partial charge in [-0.2, -0.15) is 0 Å². The van der Waals surface area contributed by atoms with Gasteiger partial charge in [0.05, 0.1) is 4.83 Å². The van der Waals surface area contributed by atoms with Crippen molar-refractivity contribution in [3.05, 3.63) is 0 Å². The van der Waals surface area contributed by atoms with E-state index < -0.39 is 5.41 Å². The van der Waals surface area contributed by atoms with Gasteiger partial charge in [-0.1, -0.05) is 36.7 Å². The van der Waals surface area contributed by atoms with Crippen LogP contribution in [-0.4, -0.2) is 35.3 Å². The highest BCUT2D eigenvalue weighted by molar-refractivity contribution is 9.10. The minimum absolute atomic E-state index is 0.0673. The van der Waals surface area contributed by atoms with Crippen LogP contribution in [0.4, 0.5) is 0 Å². The molecule has 0 N–H and O–H groups in total. The molecule has 4 aliphatic carbocycles. The van der Waals surface area contributed by atoms with E-state index in [4.69, 9.17) is 9.47 Å². The van der Waals surface area contributed by atoms with E-state index in [0.29, 0.717) is 24.7 Å². The normalized spacial score (nSPS) is 46.5. The summed E-state index contributed by atoms with van der Waals surface area (Å²) in [5.74, 6) is 0.260. The second-order valence-corrected chi connectivity index (χ2v) is 12.6. The highest BCUT2D eigenvalue weighted by atomic mass is 79.9. The van der Waals surface area contributed by atoms with E-state index in [1.807, 2.05) is 0 Å². The lowest BCUT2D eigenvalue weighted by molar-refractivity contribution is -0.197. The Balaban J connectivity index is 1.75. The van der Waals surface area contributed by atoms with Gasteiger partial charge in [0.25, 0.3) is 0 Å². The lowest BCUT2D eigenvalue weighted by atomic mass is 9.40. The Kier molecular flexibility index (Phi) is 5.24. The Morgan fingerprint density at radius 3 is 2.40 bits per heavy atom. The van der Waals surface area contributed by atoms with Gasteiger partial charge >= 0.3 is 11.9 Å². The van der Waals surface area contributed by atoms with Crippen molar-refractivity contribution in [2.45, 2.75) is 90.5 Å². The van der Waals surface area contributed by atoms with Gasteiger partial charge in [-0.25, -0.2) is 0 Å². The summed E-state index contributed by atoms with van der Waals surface area (Å²) in [5.41, 5.74) is -0.597. The first kappa shape index (κ1) is 22.3. The van der Waals surface area contributed by atoms with Crippen LogP contribution in [0.15, 0.2) is 0 Å². The number of rotatable bonds is 3. The molecule has 2 bridgehead atoms. The molecule has 4 rings (SSSR count). The van der Waals surface area contributed by atoms with Crippen molar-refractivity contribution in [3.8, 4) is 0 Å². The quantitative estimate of drug-likeness (QED) is 0.425. The monoisotopic (exact) mass is 482 g/mol. The molecule has 4 saturated carbocycles. The zero-order valence-electron chi connectivity index (χ0n) is 18.9. The van der Waals surface area contributed by atoms with Gasteiger partial charge in [0.15, 0.2) is 5.78 Å². The predicted molar refractivity (Wildman–Crippen MR) is 116 cm³/mol. The fraction of sp³-hybridized carbons (Fsp3) is 0.875. The lowest BCUT2D eigenvalue weighted by Crippen LogP contribution is -2.64. The van der Waals surface area contributed by atoms with Crippen LogP contribution in [0, 0.1) is 33.5 Å². The van der Waals surface area contributed by atoms with Gasteiger partial charge in [0, 0.05) is 24.7 Å². The van der Waals surface area contributed by atoms with Crippen molar-refractivity contribution in [1.29, 1.82) is 0 Å². The highest BCUT2D eigenvalue weighted by Crippen LogP contribution is 2.73. The van der Waals surface area contributed by atoms with E-state index in [2.05, 4.69) is 36.7 Å². The first-order chi connectivity index (χ1) is 13.9. The summed E-state index contributed by atoms with van der Waals surface area (Å²) >= 11 is 3.71. The highest BCUT2D eigenvalue weighted by Gasteiger charge is 2.71. The number of hydrogen-bond donors (Lipinski definition) is 0. The van der Waals surface area contributed by atoms with Crippen molar-refractivity contribution in [2.24, 2.45) is 33.5 Å². The summed E-state index contributed by atoms with van der Waals surface area (Å²) in [7, 11) is 0. The minimum Gasteiger partial charge on any atom is -0.465 e. The Hall–Kier alpha value is -0.910. The molecule has 168 valence electrons. The molecule has 6 heteroatoms. The minimum atomic E-state index is -0.426. The molecule has 0 heterocycles. The molecule has 30 heavy (non-hydrogen) atoms. The largest absolute Gasteiger partial charge is 0.465 e. The van der Waals surface area contributed by atoms with Crippen LogP contribution in [0.2, 0.25) is 0 Å². The predicted octanol–water partition coefficient (Wildman–Crippen LogP) is 4.84.